The van der Waals surface area contributed by atoms with Gasteiger partial charge in [-0.3, -0.25) is 0 Å². The van der Waals surface area contributed by atoms with Gasteiger partial charge >= 0.3 is 0 Å². The highest BCUT2D eigenvalue weighted by Gasteiger charge is 2.21. The van der Waals surface area contributed by atoms with Gasteiger partial charge in [-0.1, -0.05) is 13.3 Å². The first-order chi connectivity index (χ1) is 5.36. The summed E-state index contributed by atoms with van der Waals surface area (Å²) >= 11 is 0. The van der Waals surface area contributed by atoms with Crippen LogP contribution in [-0.4, -0.2) is 26.2 Å². The number of hydrogen-bond acceptors (Lipinski definition) is 2. The molecule has 11 heavy (non-hydrogen) atoms. The van der Waals surface area contributed by atoms with Crippen LogP contribution in [0.1, 0.15) is 26.2 Å². The summed E-state index contributed by atoms with van der Waals surface area (Å²) in [6.07, 6.45) is 4.03. The third-order valence-corrected chi connectivity index (χ3v) is 2.44. The molecule has 0 saturated carbocycles. The molecule has 2 N–H and O–H groups in total. The topological polar surface area (TPSA) is 24.1 Å². The van der Waals surface area contributed by atoms with Crippen molar-refractivity contribution in [2.24, 2.45) is 5.92 Å². The highest BCUT2D eigenvalue weighted by Crippen LogP contribution is 2.16. The minimum Gasteiger partial charge on any atom is -0.319 e. The molecule has 1 aliphatic rings. The SMILES string of the molecule is CCC[C@@H]1C[C@H](CNC)CN1. The van der Waals surface area contributed by atoms with Crippen molar-refractivity contribution in [2.75, 3.05) is 20.1 Å². The fourth-order valence-corrected chi connectivity index (χ4v) is 1.91. The molecule has 1 saturated heterocycles. The predicted octanol–water partition coefficient (Wildman–Crippen LogP) is 0.984. The second-order valence-corrected chi connectivity index (χ2v) is 3.55. The van der Waals surface area contributed by atoms with E-state index in [-0.39, 0.29) is 0 Å². The van der Waals surface area contributed by atoms with Gasteiger partial charge in [-0.05, 0) is 38.9 Å². The van der Waals surface area contributed by atoms with Gasteiger partial charge in [0.1, 0.15) is 0 Å². The Hall–Kier alpha value is -0.0800. The van der Waals surface area contributed by atoms with Gasteiger partial charge in [-0.25, -0.2) is 0 Å². The average molecular weight is 156 g/mol. The van der Waals surface area contributed by atoms with Crippen molar-refractivity contribution in [1.82, 2.24) is 10.6 Å². The summed E-state index contributed by atoms with van der Waals surface area (Å²) in [5.41, 5.74) is 0. The summed E-state index contributed by atoms with van der Waals surface area (Å²) in [4.78, 5) is 0. The van der Waals surface area contributed by atoms with Crippen molar-refractivity contribution in [3.05, 3.63) is 0 Å². The lowest BCUT2D eigenvalue weighted by Gasteiger charge is -2.08. The van der Waals surface area contributed by atoms with Crippen molar-refractivity contribution >= 4 is 0 Å². The second kappa shape index (κ2) is 4.73. The van der Waals surface area contributed by atoms with Crippen molar-refractivity contribution < 1.29 is 0 Å². The molecule has 0 aliphatic carbocycles. The summed E-state index contributed by atoms with van der Waals surface area (Å²) in [5.74, 6) is 0.872. The molecule has 0 spiro atoms. The molecule has 1 rings (SSSR count). The van der Waals surface area contributed by atoms with Gasteiger partial charge < -0.3 is 10.6 Å². The molecule has 0 aromatic heterocycles. The highest BCUT2D eigenvalue weighted by molar-refractivity contribution is 4.81. The van der Waals surface area contributed by atoms with Gasteiger partial charge in [-0.15, -0.1) is 0 Å². The Morgan fingerprint density at radius 3 is 3.00 bits per heavy atom. The Kier molecular flexibility index (Phi) is 3.87. The summed E-state index contributed by atoms with van der Waals surface area (Å²) in [6, 6.07) is 0.804. The number of rotatable bonds is 4. The van der Waals surface area contributed by atoms with E-state index in [0.717, 1.165) is 12.0 Å². The molecule has 1 heterocycles. The standard InChI is InChI=1S/C9H20N2/c1-3-4-9-5-8(6-10-2)7-11-9/h8-11H,3-7H2,1-2H3/t8-,9-/m1/s1. The van der Waals surface area contributed by atoms with E-state index in [9.17, 15) is 0 Å². The van der Waals surface area contributed by atoms with Crippen molar-refractivity contribution in [1.29, 1.82) is 0 Å². The fourth-order valence-electron chi connectivity index (χ4n) is 1.91. The molecule has 2 atom stereocenters. The molecule has 0 amide bonds. The average Bonchev–Trinajstić information content (AvgIpc) is 2.38. The van der Waals surface area contributed by atoms with Crippen LogP contribution in [0.25, 0.3) is 0 Å². The van der Waals surface area contributed by atoms with E-state index < -0.39 is 0 Å². The first-order valence-corrected chi connectivity index (χ1v) is 4.74. The van der Waals surface area contributed by atoms with Gasteiger partial charge in [-0.2, -0.15) is 0 Å². The maximum absolute atomic E-state index is 3.55. The van der Waals surface area contributed by atoms with E-state index in [1.54, 1.807) is 0 Å². The molecular formula is C9H20N2. The van der Waals surface area contributed by atoms with Crippen LogP contribution >= 0.6 is 0 Å². The Balaban J connectivity index is 2.12. The number of nitrogens with one attached hydrogen (secondary N) is 2. The van der Waals surface area contributed by atoms with Gasteiger partial charge in [0.05, 0.1) is 0 Å². The molecule has 1 aliphatic heterocycles. The van der Waals surface area contributed by atoms with Crippen molar-refractivity contribution in [3.63, 3.8) is 0 Å². The molecule has 0 bridgehead atoms. The molecule has 0 aromatic carbocycles. The van der Waals surface area contributed by atoms with E-state index in [0.29, 0.717) is 0 Å². The smallest absolute Gasteiger partial charge is 0.00706 e. The molecule has 2 nitrogen and oxygen atoms in total. The minimum absolute atomic E-state index is 0.804. The number of hydrogen-bond donors (Lipinski definition) is 2. The molecule has 66 valence electrons. The normalized spacial score (nSPS) is 31.1. The van der Waals surface area contributed by atoms with Crippen LogP contribution in [-0.2, 0) is 0 Å². The van der Waals surface area contributed by atoms with E-state index in [4.69, 9.17) is 0 Å². The zero-order valence-electron chi connectivity index (χ0n) is 7.69. The third-order valence-electron chi connectivity index (χ3n) is 2.44. The van der Waals surface area contributed by atoms with Gasteiger partial charge in [0.2, 0.25) is 0 Å². The molecule has 0 unspecified atom stereocenters. The molecule has 0 aromatic rings. The lowest BCUT2D eigenvalue weighted by Crippen LogP contribution is -2.22. The second-order valence-electron chi connectivity index (χ2n) is 3.55. The van der Waals surface area contributed by atoms with E-state index in [1.807, 2.05) is 7.05 Å². The monoisotopic (exact) mass is 156 g/mol. The zero-order chi connectivity index (χ0) is 8.10. The molecule has 0 radical (unpaired) electrons. The predicted molar refractivity (Wildman–Crippen MR) is 48.7 cm³/mol. The van der Waals surface area contributed by atoms with Crippen LogP contribution in [0.15, 0.2) is 0 Å². The summed E-state index contributed by atoms with van der Waals surface area (Å²) in [5, 5.41) is 6.78. The van der Waals surface area contributed by atoms with E-state index in [2.05, 4.69) is 17.6 Å². The Morgan fingerprint density at radius 2 is 2.36 bits per heavy atom. The maximum Gasteiger partial charge on any atom is 0.00706 e. The zero-order valence-corrected chi connectivity index (χ0v) is 7.69. The van der Waals surface area contributed by atoms with Gasteiger partial charge in [0.15, 0.2) is 0 Å². The van der Waals surface area contributed by atoms with Crippen molar-refractivity contribution in [2.45, 2.75) is 32.2 Å². The molecule has 1 fully saturated rings. The summed E-state index contributed by atoms with van der Waals surface area (Å²) in [6.45, 7) is 4.64. The lowest BCUT2D eigenvalue weighted by atomic mass is 10.0. The Morgan fingerprint density at radius 1 is 1.55 bits per heavy atom. The third kappa shape index (κ3) is 2.80. The fraction of sp³-hybridized carbons (Fsp3) is 1.00. The van der Waals surface area contributed by atoms with Crippen LogP contribution in [0, 0.1) is 5.92 Å². The quantitative estimate of drug-likeness (QED) is 0.634. The van der Waals surface area contributed by atoms with Crippen LogP contribution in [0.4, 0.5) is 0 Å². The van der Waals surface area contributed by atoms with Gasteiger partial charge in [0.25, 0.3) is 0 Å². The lowest BCUT2D eigenvalue weighted by molar-refractivity contribution is 0.507. The highest BCUT2D eigenvalue weighted by atomic mass is 15.0. The first kappa shape index (κ1) is 9.01. The van der Waals surface area contributed by atoms with E-state index in [1.165, 1.54) is 32.4 Å². The Bertz CT molecular complexity index is 91.7. The van der Waals surface area contributed by atoms with Crippen LogP contribution < -0.4 is 10.6 Å². The van der Waals surface area contributed by atoms with Crippen LogP contribution in [0.3, 0.4) is 0 Å². The Labute approximate surface area is 69.8 Å². The minimum atomic E-state index is 0.804. The molecular weight excluding hydrogens is 136 g/mol. The summed E-state index contributed by atoms with van der Waals surface area (Å²) < 4.78 is 0. The maximum atomic E-state index is 3.55. The summed E-state index contributed by atoms with van der Waals surface area (Å²) in [7, 11) is 2.03. The molecule has 2 heteroatoms. The first-order valence-electron chi connectivity index (χ1n) is 4.74. The van der Waals surface area contributed by atoms with E-state index >= 15 is 0 Å². The van der Waals surface area contributed by atoms with Gasteiger partial charge in [0, 0.05) is 6.04 Å². The van der Waals surface area contributed by atoms with Crippen LogP contribution in [0.5, 0.6) is 0 Å². The van der Waals surface area contributed by atoms with Crippen LogP contribution in [0.2, 0.25) is 0 Å². The largest absolute Gasteiger partial charge is 0.319 e. The van der Waals surface area contributed by atoms with Crippen molar-refractivity contribution in [3.8, 4) is 0 Å².